The molecular weight excluding hydrogens is 519 g/mol. The van der Waals surface area contributed by atoms with Crippen LogP contribution in [0.1, 0.15) is 71.2 Å². The predicted molar refractivity (Wildman–Crippen MR) is 158 cm³/mol. The van der Waals surface area contributed by atoms with E-state index < -0.39 is 5.97 Å². The van der Waals surface area contributed by atoms with E-state index in [0.717, 1.165) is 72.3 Å². The lowest BCUT2D eigenvalue weighted by Crippen LogP contribution is -2.20. The van der Waals surface area contributed by atoms with Gasteiger partial charge in [0, 0.05) is 42.3 Å². The van der Waals surface area contributed by atoms with E-state index in [1.165, 1.54) is 17.2 Å². The highest BCUT2D eigenvalue weighted by atomic mass is 19.1. The summed E-state index contributed by atoms with van der Waals surface area (Å²) in [7, 11) is 3.97. The second-order valence-electron chi connectivity index (χ2n) is 11.5. The number of carboxylic acid groups (broad SMARTS) is 1. The Morgan fingerprint density at radius 2 is 1.90 bits per heavy atom. The van der Waals surface area contributed by atoms with Gasteiger partial charge in [0.15, 0.2) is 0 Å². The van der Waals surface area contributed by atoms with Crippen LogP contribution in [0.5, 0.6) is 5.75 Å². The van der Waals surface area contributed by atoms with E-state index in [2.05, 4.69) is 31.0 Å². The Morgan fingerprint density at radius 3 is 2.71 bits per heavy atom. The highest BCUT2D eigenvalue weighted by molar-refractivity contribution is 6.04. The number of nitrogens with zero attached hydrogens (tertiary/aromatic N) is 4. The summed E-state index contributed by atoms with van der Waals surface area (Å²) in [6.07, 6.45) is 6.91. The smallest absolute Gasteiger partial charge is 0.352 e. The van der Waals surface area contributed by atoms with Crippen LogP contribution in [0.3, 0.4) is 0 Å². The largest absolute Gasteiger partial charge is 0.493 e. The molecule has 0 fully saturated rings. The molecule has 8 heteroatoms. The summed E-state index contributed by atoms with van der Waals surface area (Å²) >= 11 is 0. The van der Waals surface area contributed by atoms with Gasteiger partial charge in [-0.25, -0.2) is 9.18 Å². The first-order chi connectivity index (χ1) is 19.9. The van der Waals surface area contributed by atoms with Crippen molar-refractivity contribution in [2.45, 2.75) is 71.4 Å². The van der Waals surface area contributed by atoms with Crippen LogP contribution in [0.25, 0.3) is 22.0 Å². The maximum Gasteiger partial charge on any atom is 0.352 e. The minimum atomic E-state index is -0.974. The summed E-state index contributed by atoms with van der Waals surface area (Å²) in [5, 5.41) is 16.2. The second-order valence-corrected chi connectivity index (χ2v) is 11.5. The minimum absolute atomic E-state index is 0.267. The van der Waals surface area contributed by atoms with Crippen molar-refractivity contribution in [2.75, 3.05) is 20.2 Å². The third-order valence-electron chi connectivity index (χ3n) is 8.83. The van der Waals surface area contributed by atoms with Crippen LogP contribution in [0, 0.1) is 5.82 Å². The normalized spacial score (nSPS) is 15.5. The zero-order valence-electron chi connectivity index (χ0n) is 24.3. The minimum Gasteiger partial charge on any atom is -0.493 e. The molecule has 2 aliphatic rings. The molecule has 0 radical (unpaired) electrons. The topological polar surface area (TPSA) is 72.5 Å². The molecule has 0 unspecified atom stereocenters. The Morgan fingerprint density at radius 1 is 1.07 bits per heavy atom. The molecule has 1 aliphatic heterocycles. The fourth-order valence-electron chi connectivity index (χ4n) is 7.01. The van der Waals surface area contributed by atoms with Crippen molar-refractivity contribution in [3.05, 3.63) is 69.9 Å². The Bertz CT molecular complexity index is 1620. The maximum absolute atomic E-state index is 16.0. The number of rotatable bonds is 7. The fraction of sp³-hybridized carbons (Fsp3) is 0.455. The number of fused-ring (bicyclic) bond motifs is 3. The molecule has 2 aromatic carbocycles. The summed E-state index contributed by atoms with van der Waals surface area (Å²) in [6, 6.07) is 9.53. The van der Waals surface area contributed by atoms with Gasteiger partial charge in [-0.05, 0) is 99.8 Å². The molecule has 6 rings (SSSR count). The highest BCUT2D eigenvalue weighted by Crippen LogP contribution is 2.41. The van der Waals surface area contributed by atoms with E-state index in [4.69, 9.17) is 9.84 Å². The van der Waals surface area contributed by atoms with Gasteiger partial charge in [-0.2, -0.15) is 5.10 Å². The molecule has 2 aromatic heterocycles. The van der Waals surface area contributed by atoms with Crippen LogP contribution in [-0.4, -0.2) is 50.5 Å². The number of carbonyl (C=O) groups is 1. The molecule has 3 heterocycles. The molecule has 1 N–H and O–H groups in total. The maximum atomic E-state index is 16.0. The number of aromatic carboxylic acids is 1. The summed E-state index contributed by atoms with van der Waals surface area (Å²) in [5.41, 5.74) is 7.43. The molecular formula is C33H39FN4O3. The lowest BCUT2D eigenvalue weighted by atomic mass is 9.96. The number of carboxylic acids is 1. The average molecular weight is 559 g/mol. The Kier molecular flexibility index (Phi) is 7.60. The molecule has 7 nitrogen and oxygen atoms in total. The van der Waals surface area contributed by atoms with Crippen LogP contribution in [0.4, 0.5) is 4.39 Å². The van der Waals surface area contributed by atoms with Crippen molar-refractivity contribution in [3.63, 3.8) is 0 Å². The first kappa shape index (κ1) is 27.5. The highest BCUT2D eigenvalue weighted by Gasteiger charge is 2.30. The standard InChI is InChI=1S/C33H39FN4O3/c1-4-27-30-26(35-37(27)3)20-36(2)17-5-6-18-38-31-24(15-16-25(34)29(30)31)23(32(38)33(39)40)13-9-19-41-28-14-8-11-21-10-7-12-22(21)28/h8,11,14-16H,4-7,9-10,12-13,17-20H2,1-3H3,(H,39,40). The van der Waals surface area contributed by atoms with Gasteiger partial charge in [0.1, 0.15) is 17.3 Å². The SMILES string of the molecule is CCc1c2c(nn1C)CN(C)CCCCn1c(C(=O)O)c(CCCOc3cccc4c3CCC4)c3ccc(F)c-2c31. The quantitative estimate of drug-likeness (QED) is 0.275. The van der Waals surface area contributed by atoms with Crippen molar-refractivity contribution in [1.82, 2.24) is 19.2 Å². The molecule has 4 aromatic rings. The lowest BCUT2D eigenvalue weighted by molar-refractivity contribution is 0.0684. The third kappa shape index (κ3) is 4.92. The first-order valence-corrected chi connectivity index (χ1v) is 14.9. The van der Waals surface area contributed by atoms with Gasteiger partial charge < -0.3 is 19.3 Å². The van der Waals surface area contributed by atoms with Crippen molar-refractivity contribution < 1.29 is 19.0 Å². The molecule has 0 amide bonds. The van der Waals surface area contributed by atoms with Gasteiger partial charge in [-0.3, -0.25) is 4.68 Å². The van der Waals surface area contributed by atoms with E-state index in [9.17, 15) is 9.90 Å². The first-order valence-electron chi connectivity index (χ1n) is 14.9. The second kappa shape index (κ2) is 11.3. The molecule has 0 spiro atoms. The third-order valence-corrected chi connectivity index (χ3v) is 8.83. The zero-order chi connectivity index (χ0) is 28.7. The van der Waals surface area contributed by atoms with Crippen LogP contribution in [-0.2, 0) is 45.8 Å². The van der Waals surface area contributed by atoms with Crippen molar-refractivity contribution in [1.29, 1.82) is 0 Å². The van der Waals surface area contributed by atoms with Crippen LogP contribution in [0.15, 0.2) is 30.3 Å². The number of halogens is 1. The Balaban J connectivity index is 1.44. The molecule has 0 saturated carbocycles. The van der Waals surface area contributed by atoms with Gasteiger partial charge in [0.25, 0.3) is 0 Å². The number of hydrogen-bond donors (Lipinski definition) is 1. The average Bonchev–Trinajstić information content (AvgIpc) is 3.63. The summed E-state index contributed by atoms with van der Waals surface area (Å²) in [4.78, 5) is 15.1. The van der Waals surface area contributed by atoms with Gasteiger partial charge in [-0.15, -0.1) is 0 Å². The van der Waals surface area contributed by atoms with Crippen LogP contribution >= 0.6 is 0 Å². The number of hydrogen-bond acceptors (Lipinski definition) is 4. The number of ether oxygens (including phenoxy) is 1. The monoisotopic (exact) mass is 558 g/mol. The number of benzene rings is 2. The fourth-order valence-corrected chi connectivity index (χ4v) is 7.01. The zero-order valence-corrected chi connectivity index (χ0v) is 24.3. The van der Waals surface area contributed by atoms with E-state index in [0.29, 0.717) is 50.0 Å². The van der Waals surface area contributed by atoms with Gasteiger partial charge in [0.05, 0.1) is 17.8 Å². The molecule has 0 atom stereocenters. The lowest BCUT2D eigenvalue weighted by Gasteiger charge is -2.16. The van der Waals surface area contributed by atoms with Crippen molar-refractivity contribution >= 4 is 16.9 Å². The van der Waals surface area contributed by atoms with Crippen molar-refractivity contribution in [2.24, 2.45) is 7.05 Å². The molecule has 0 saturated heterocycles. The number of aromatic nitrogens is 3. The van der Waals surface area contributed by atoms with E-state index in [1.807, 2.05) is 22.4 Å². The number of aryl methyl sites for hydroxylation is 4. The molecule has 216 valence electrons. The Labute approximate surface area is 240 Å². The van der Waals surface area contributed by atoms with E-state index in [1.54, 1.807) is 6.07 Å². The van der Waals surface area contributed by atoms with E-state index in [-0.39, 0.29) is 11.5 Å². The molecule has 41 heavy (non-hydrogen) atoms. The summed E-state index contributed by atoms with van der Waals surface area (Å²) in [5.74, 6) is -0.369. The van der Waals surface area contributed by atoms with Gasteiger partial charge in [0.2, 0.25) is 0 Å². The van der Waals surface area contributed by atoms with Crippen molar-refractivity contribution in [3.8, 4) is 16.9 Å². The molecule has 1 aliphatic carbocycles. The summed E-state index contributed by atoms with van der Waals surface area (Å²) < 4.78 is 25.9. The summed E-state index contributed by atoms with van der Waals surface area (Å²) in [6.45, 7) is 4.54. The van der Waals surface area contributed by atoms with Crippen LogP contribution < -0.4 is 4.74 Å². The Hall–Kier alpha value is -3.65. The molecule has 0 bridgehead atoms. The predicted octanol–water partition coefficient (Wildman–Crippen LogP) is 6.17. The van der Waals surface area contributed by atoms with Gasteiger partial charge in [-0.1, -0.05) is 19.1 Å². The van der Waals surface area contributed by atoms with Gasteiger partial charge >= 0.3 is 5.97 Å². The van der Waals surface area contributed by atoms with Crippen LogP contribution in [0.2, 0.25) is 0 Å². The van der Waals surface area contributed by atoms with E-state index >= 15 is 4.39 Å².